The zero-order valence-electron chi connectivity index (χ0n) is 22.1. The zero-order chi connectivity index (χ0) is 26.3. The molecule has 0 saturated carbocycles. The number of allylic oxidation sites excluding steroid dienone is 4. The van der Waals surface area contributed by atoms with Crippen LogP contribution in [0.3, 0.4) is 0 Å². The number of halogens is 1. The largest absolute Gasteiger partial charge is 1.00 e. The van der Waals surface area contributed by atoms with E-state index in [4.69, 9.17) is 4.42 Å². The Morgan fingerprint density at radius 3 is 2.49 bits per heavy atom. The second-order valence-electron chi connectivity index (χ2n) is 8.97. The Balaban J connectivity index is 0.000000246. The van der Waals surface area contributed by atoms with Gasteiger partial charge in [-0.25, -0.2) is 4.79 Å². The summed E-state index contributed by atoms with van der Waals surface area (Å²) in [4.78, 5) is 13.0. The molecule has 3 aromatic carbocycles. The minimum atomic E-state index is -0.302. The van der Waals surface area contributed by atoms with Gasteiger partial charge in [-0.05, 0) is 55.3 Å². The molecular weight excluding hydrogens is 595 g/mol. The van der Waals surface area contributed by atoms with E-state index in [2.05, 4.69) is 115 Å². The molecule has 1 aliphatic heterocycles. The molecule has 5 aromatic rings. The molecule has 0 N–H and O–H groups in total. The summed E-state index contributed by atoms with van der Waals surface area (Å²) in [6.07, 6.45) is 13.1. The van der Waals surface area contributed by atoms with Gasteiger partial charge in [-0.2, -0.15) is 4.57 Å². The molecule has 0 amide bonds. The molecule has 0 radical (unpaired) electrons. The third kappa shape index (κ3) is 6.37. The van der Waals surface area contributed by atoms with Crippen LogP contribution in [-0.2, 0) is 6.54 Å². The number of anilines is 1. The maximum absolute atomic E-state index is 10.7. The molecular formula is C34H31IN2O2. The van der Waals surface area contributed by atoms with Crippen molar-refractivity contribution in [3.8, 4) is 0 Å². The monoisotopic (exact) mass is 626 g/mol. The highest BCUT2D eigenvalue weighted by Crippen LogP contribution is 2.32. The average Bonchev–Trinajstić information content (AvgIpc) is 2.97. The predicted molar refractivity (Wildman–Crippen MR) is 158 cm³/mol. The lowest BCUT2D eigenvalue weighted by atomic mass is 9.99. The Morgan fingerprint density at radius 2 is 1.64 bits per heavy atom. The molecule has 0 spiro atoms. The summed E-state index contributed by atoms with van der Waals surface area (Å²) in [5, 5.41) is 2.24. The van der Waals surface area contributed by atoms with Crippen LogP contribution in [0, 0.1) is 0 Å². The number of pyridine rings is 1. The molecule has 0 atom stereocenters. The van der Waals surface area contributed by atoms with E-state index >= 15 is 0 Å². The number of hydrogen-bond acceptors (Lipinski definition) is 3. The third-order valence-corrected chi connectivity index (χ3v) is 6.68. The molecule has 0 fully saturated rings. The van der Waals surface area contributed by atoms with Gasteiger partial charge in [-0.3, -0.25) is 0 Å². The number of rotatable bonds is 4. The molecule has 0 aliphatic carbocycles. The maximum atomic E-state index is 10.7. The highest BCUT2D eigenvalue weighted by atomic mass is 127. The van der Waals surface area contributed by atoms with Crippen molar-refractivity contribution >= 4 is 39.2 Å². The maximum Gasteiger partial charge on any atom is 0.336 e. The first-order chi connectivity index (χ1) is 18.7. The molecule has 0 unspecified atom stereocenters. The fourth-order valence-electron chi connectivity index (χ4n) is 4.73. The third-order valence-electron chi connectivity index (χ3n) is 6.68. The summed E-state index contributed by atoms with van der Waals surface area (Å²) in [5.74, 6) is 0. The Kier molecular flexibility index (Phi) is 9.49. The summed E-state index contributed by atoms with van der Waals surface area (Å²) in [5.41, 5.74) is 6.66. The van der Waals surface area contributed by atoms with Crippen LogP contribution in [-0.4, -0.2) is 6.54 Å². The van der Waals surface area contributed by atoms with Crippen molar-refractivity contribution in [2.45, 2.75) is 20.4 Å². The van der Waals surface area contributed by atoms with E-state index in [1.807, 2.05) is 18.2 Å². The van der Waals surface area contributed by atoms with Crippen molar-refractivity contribution < 1.29 is 33.0 Å². The number of benzene rings is 3. The summed E-state index contributed by atoms with van der Waals surface area (Å²) in [6, 6.07) is 30.0. The van der Waals surface area contributed by atoms with Crippen molar-refractivity contribution in [3.63, 3.8) is 0 Å². The van der Waals surface area contributed by atoms with E-state index < -0.39 is 0 Å². The van der Waals surface area contributed by atoms with Gasteiger partial charge in [0.25, 0.3) is 0 Å². The van der Waals surface area contributed by atoms with Gasteiger partial charge in [-0.15, -0.1) is 0 Å². The van der Waals surface area contributed by atoms with Gasteiger partial charge in [0.05, 0.1) is 5.39 Å². The molecule has 3 heterocycles. The molecule has 196 valence electrons. The number of hydrogen-bond donors (Lipinski definition) is 0. The average molecular weight is 627 g/mol. The molecule has 4 nitrogen and oxygen atoms in total. The summed E-state index contributed by atoms with van der Waals surface area (Å²) in [6.45, 7) is 6.31. The minimum absolute atomic E-state index is 0. The second-order valence-corrected chi connectivity index (χ2v) is 8.97. The SMILES string of the molecule is CCN1C=C/C(=C\C=C\c2cc[n+](CC)c3ccccc23)c2ccccc21.O=c1ccc2ccccc2o1.[I-]. The quantitative estimate of drug-likeness (QED) is 0.169. The van der Waals surface area contributed by atoms with Gasteiger partial charge in [0, 0.05) is 47.6 Å². The molecule has 2 aromatic heterocycles. The van der Waals surface area contributed by atoms with Gasteiger partial charge in [0.2, 0.25) is 5.52 Å². The fraction of sp³-hybridized carbons (Fsp3) is 0.118. The van der Waals surface area contributed by atoms with Crippen LogP contribution in [0.1, 0.15) is 25.0 Å². The van der Waals surface area contributed by atoms with E-state index in [0.717, 1.165) is 18.5 Å². The van der Waals surface area contributed by atoms with Crippen LogP contribution in [0.25, 0.3) is 33.5 Å². The van der Waals surface area contributed by atoms with Crippen molar-refractivity contribution in [1.29, 1.82) is 0 Å². The smallest absolute Gasteiger partial charge is 0.336 e. The van der Waals surface area contributed by atoms with Gasteiger partial charge >= 0.3 is 5.63 Å². The van der Waals surface area contributed by atoms with E-state index in [-0.39, 0.29) is 29.6 Å². The van der Waals surface area contributed by atoms with E-state index in [1.165, 1.54) is 39.4 Å². The molecule has 39 heavy (non-hydrogen) atoms. The van der Waals surface area contributed by atoms with E-state index in [9.17, 15) is 4.79 Å². The zero-order valence-corrected chi connectivity index (χ0v) is 24.3. The lowest BCUT2D eigenvalue weighted by Gasteiger charge is -2.26. The molecule has 0 saturated heterocycles. The van der Waals surface area contributed by atoms with Crippen molar-refractivity contribution in [1.82, 2.24) is 0 Å². The predicted octanol–water partition coefficient (Wildman–Crippen LogP) is 4.39. The number of aryl methyl sites for hydroxylation is 1. The summed E-state index contributed by atoms with van der Waals surface area (Å²) >= 11 is 0. The van der Waals surface area contributed by atoms with Gasteiger partial charge in [-0.1, -0.05) is 66.8 Å². The van der Waals surface area contributed by atoms with Crippen LogP contribution in [0.5, 0.6) is 0 Å². The van der Waals surface area contributed by atoms with Gasteiger partial charge in [0.15, 0.2) is 6.20 Å². The van der Waals surface area contributed by atoms with Crippen LogP contribution in [0.4, 0.5) is 5.69 Å². The fourth-order valence-corrected chi connectivity index (χ4v) is 4.73. The molecule has 6 rings (SSSR count). The first kappa shape index (κ1) is 28.0. The molecule has 0 bridgehead atoms. The Labute approximate surface area is 246 Å². The topological polar surface area (TPSA) is 37.3 Å². The number of nitrogens with zero attached hydrogens (tertiary/aromatic N) is 2. The van der Waals surface area contributed by atoms with Crippen LogP contribution >= 0.6 is 0 Å². The van der Waals surface area contributed by atoms with E-state index in [1.54, 1.807) is 12.1 Å². The Hall–Kier alpha value is -3.97. The molecule has 5 heteroatoms. The van der Waals surface area contributed by atoms with Crippen LogP contribution < -0.4 is 39.1 Å². The Morgan fingerprint density at radius 1 is 0.872 bits per heavy atom. The number of aromatic nitrogens is 1. The van der Waals surface area contributed by atoms with Gasteiger partial charge < -0.3 is 33.3 Å². The van der Waals surface area contributed by atoms with Crippen LogP contribution in [0.15, 0.2) is 131 Å². The first-order valence-electron chi connectivity index (χ1n) is 13.0. The highest BCUT2D eigenvalue weighted by Gasteiger charge is 2.13. The number of fused-ring (bicyclic) bond motifs is 3. The van der Waals surface area contributed by atoms with Gasteiger partial charge in [0.1, 0.15) is 12.1 Å². The van der Waals surface area contributed by atoms with Crippen molar-refractivity contribution in [2.75, 3.05) is 11.4 Å². The normalized spacial score (nSPS) is 13.3. The molecule has 1 aliphatic rings. The van der Waals surface area contributed by atoms with Crippen LogP contribution in [0.2, 0.25) is 0 Å². The van der Waals surface area contributed by atoms with E-state index in [0.29, 0.717) is 5.58 Å². The van der Waals surface area contributed by atoms with Crippen molar-refractivity contribution in [2.24, 2.45) is 0 Å². The summed E-state index contributed by atoms with van der Waals surface area (Å²) in [7, 11) is 0. The van der Waals surface area contributed by atoms with Crippen molar-refractivity contribution in [3.05, 3.63) is 143 Å². The first-order valence-corrected chi connectivity index (χ1v) is 13.0. The second kappa shape index (κ2) is 13.2. The Bertz CT molecular complexity index is 1730. The number of para-hydroxylation sites is 3. The minimum Gasteiger partial charge on any atom is -1.00 e. The lowest BCUT2D eigenvalue weighted by molar-refractivity contribution is -0.667. The summed E-state index contributed by atoms with van der Waals surface area (Å²) < 4.78 is 7.19. The highest BCUT2D eigenvalue weighted by molar-refractivity contribution is 5.89. The lowest BCUT2D eigenvalue weighted by Crippen LogP contribution is -3.00. The standard InChI is InChI=1S/C25H25N2.C9H6O2.HI/c1-3-26-18-16-20(22-12-5-7-14-24(22)26)10-9-11-21-17-19-27(4-2)25-15-8-6-13-23(21)25;10-9-6-5-7-3-1-2-4-8(7)11-9;/h5-19H,3-4H2,1-2H3;1-6H;1H/q+1;;/p-1.